The quantitative estimate of drug-likeness (QED) is 0.794. The summed E-state index contributed by atoms with van der Waals surface area (Å²) in [5, 5.41) is 12.6. The molecule has 1 rings (SSSR count). The zero-order chi connectivity index (χ0) is 12.8. The molecule has 0 radical (unpaired) electrons. The highest BCUT2D eigenvalue weighted by Gasteiger charge is 2.14. The van der Waals surface area contributed by atoms with E-state index in [1.54, 1.807) is 0 Å². The first-order valence-corrected chi connectivity index (χ1v) is 6.54. The van der Waals surface area contributed by atoms with E-state index >= 15 is 0 Å². The molecule has 1 aromatic rings. The monoisotopic (exact) mass is 235 g/mol. The third-order valence-electron chi connectivity index (χ3n) is 3.54. The molecular weight excluding hydrogens is 210 g/mol. The highest BCUT2D eigenvalue weighted by Crippen LogP contribution is 2.16. The minimum absolute atomic E-state index is 0.232. The van der Waals surface area contributed by atoms with E-state index in [2.05, 4.69) is 57.3 Å². The number of benzene rings is 1. The highest BCUT2D eigenvalue weighted by atomic mass is 16.3. The molecule has 2 nitrogen and oxygen atoms in total. The molecule has 0 bridgehead atoms. The van der Waals surface area contributed by atoms with Crippen molar-refractivity contribution >= 4 is 0 Å². The second-order valence-corrected chi connectivity index (χ2v) is 4.93. The summed E-state index contributed by atoms with van der Waals surface area (Å²) < 4.78 is 0. The molecule has 0 saturated heterocycles. The molecule has 3 unspecified atom stereocenters. The Morgan fingerprint density at radius 3 is 2.18 bits per heavy atom. The molecule has 0 amide bonds. The maximum absolute atomic E-state index is 9.12. The first-order chi connectivity index (χ1) is 8.08. The van der Waals surface area contributed by atoms with Crippen molar-refractivity contribution in [3.05, 3.63) is 35.4 Å². The maximum Gasteiger partial charge on any atom is 0.0471 e. The maximum atomic E-state index is 9.12. The van der Waals surface area contributed by atoms with Crippen LogP contribution in [0.3, 0.4) is 0 Å². The molecular formula is C15H25NO. The van der Waals surface area contributed by atoms with Crippen molar-refractivity contribution in [3.8, 4) is 0 Å². The molecule has 0 spiro atoms. The summed E-state index contributed by atoms with van der Waals surface area (Å²) in [7, 11) is 0. The van der Waals surface area contributed by atoms with Crippen molar-refractivity contribution in [1.82, 2.24) is 5.32 Å². The number of aliphatic hydroxyl groups is 1. The summed E-state index contributed by atoms with van der Waals surface area (Å²) in [6, 6.07) is 9.40. The van der Waals surface area contributed by atoms with E-state index in [1.165, 1.54) is 11.1 Å². The highest BCUT2D eigenvalue weighted by molar-refractivity contribution is 5.24. The summed E-state index contributed by atoms with van der Waals surface area (Å²) in [6.45, 7) is 8.75. The van der Waals surface area contributed by atoms with Crippen molar-refractivity contribution in [2.75, 3.05) is 6.61 Å². The Labute approximate surface area is 105 Å². The Morgan fingerprint density at radius 1 is 1.12 bits per heavy atom. The second-order valence-electron chi connectivity index (χ2n) is 4.93. The van der Waals surface area contributed by atoms with Crippen LogP contribution in [0, 0.1) is 5.92 Å². The number of hydrogen-bond donors (Lipinski definition) is 2. The van der Waals surface area contributed by atoms with Crippen LogP contribution in [0.25, 0.3) is 0 Å². The first-order valence-electron chi connectivity index (χ1n) is 6.54. The van der Waals surface area contributed by atoms with Crippen molar-refractivity contribution in [1.29, 1.82) is 0 Å². The number of aliphatic hydroxyl groups excluding tert-OH is 1. The lowest BCUT2D eigenvalue weighted by Crippen LogP contribution is -2.35. The Balaban J connectivity index is 2.59. The average Bonchev–Trinajstić information content (AvgIpc) is 2.37. The van der Waals surface area contributed by atoms with Crippen molar-refractivity contribution in [2.45, 2.75) is 46.2 Å². The van der Waals surface area contributed by atoms with Gasteiger partial charge in [0.05, 0.1) is 0 Å². The Bertz CT molecular complexity index is 320. The Kier molecular flexibility index (Phi) is 5.66. The minimum atomic E-state index is 0.232. The minimum Gasteiger partial charge on any atom is -0.396 e. The molecule has 0 aliphatic rings. The molecule has 0 aliphatic heterocycles. The van der Waals surface area contributed by atoms with Crippen LogP contribution in [0.15, 0.2) is 24.3 Å². The summed E-state index contributed by atoms with van der Waals surface area (Å²) in [5.74, 6) is 0.285. The predicted molar refractivity (Wildman–Crippen MR) is 73.1 cm³/mol. The Morgan fingerprint density at radius 2 is 1.71 bits per heavy atom. The van der Waals surface area contributed by atoms with E-state index in [0.29, 0.717) is 12.1 Å². The van der Waals surface area contributed by atoms with Gasteiger partial charge in [0.1, 0.15) is 0 Å². The van der Waals surface area contributed by atoms with Crippen LogP contribution in [0.5, 0.6) is 0 Å². The van der Waals surface area contributed by atoms with E-state index in [-0.39, 0.29) is 12.5 Å². The lowest BCUT2D eigenvalue weighted by Gasteiger charge is -2.24. The van der Waals surface area contributed by atoms with Gasteiger partial charge >= 0.3 is 0 Å². The van der Waals surface area contributed by atoms with Crippen molar-refractivity contribution in [3.63, 3.8) is 0 Å². The second kappa shape index (κ2) is 6.77. The number of aryl methyl sites for hydroxylation is 1. The lowest BCUT2D eigenvalue weighted by molar-refractivity contribution is 0.202. The van der Waals surface area contributed by atoms with Gasteiger partial charge in [0.2, 0.25) is 0 Å². The third kappa shape index (κ3) is 4.14. The van der Waals surface area contributed by atoms with Gasteiger partial charge in [-0.2, -0.15) is 0 Å². The third-order valence-corrected chi connectivity index (χ3v) is 3.54. The first kappa shape index (κ1) is 14.2. The van der Waals surface area contributed by atoms with E-state index in [9.17, 15) is 0 Å². The van der Waals surface area contributed by atoms with E-state index in [1.807, 2.05) is 0 Å². The van der Waals surface area contributed by atoms with Gasteiger partial charge < -0.3 is 10.4 Å². The zero-order valence-corrected chi connectivity index (χ0v) is 11.4. The molecule has 0 aliphatic carbocycles. The van der Waals surface area contributed by atoms with Gasteiger partial charge in [0, 0.05) is 18.7 Å². The fourth-order valence-electron chi connectivity index (χ4n) is 1.85. The van der Waals surface area contributed by atoms with Gasteiger partial charge in [-0.1, -0.05) is 38.1 Å². The molecule has 1 aromatic carbocycles. The van der Waals surface area contributed by atoms with Gasteiger partial charge in [-0.05, 0) is 37.3 Å². The smallest absolute Gasteiger partial charge is 0.0471 e. The molecule has 2 heteroatoms. The van der Waals surface area contributed by atoms with E-state index < -0.39 is 0 Å². The SMILES string of the molecule is CCc1ccc(C(C)NC(C)C(C)CO)cc1. The molecule has 17 heavy (non-hydrogen) atoms. The van der Waals surface area contributed by atoms with E-state index in [4.69, 9.17) is 5.11 Å². The van der Waals surface area contributed by atoms with Crippen LogP contribution < -0.4 is 5.32 Å². The average molecular weight is 235 g/mol. The number of rotatable bonds is 6. The van der Waals surface area contributed by atoms with Gasteiger partial charge in [-0.25, -0.2) is 0 Å². The van der Waals surface area contributed by atoms with Crippen LogP contribution in [0.4, 0.5) is 0 Å². The fourth-order valence-corrected chi connectivity index (χ4v) is 1.85. The number of nitrogens with one attached hydrogen (secondary N) is 1. The summed E-state index contributed by atoms with van der Waals surface area (Å²) >= 11 is 0. The lowest BCUT2D eigenvalue weighted by atomic mass is 10.0. The van der Waals surface area contributed by atoms with Crippen molar-refractivity contribution in [2.24, 2.45) is 5.92 Å². The van der Waals surface area contributed by atoms with Crippen LogP contribution in [0.1, 0.15) is 44.9 Å². The summed E-state index contributed by atoms with van der Waals surface area (Å²) in [5.41, 5.74) is 2.68. The molecule has 96 valence electrons. The molecule has 0 saturated carbocycles. The van der Waals surface area contributed by atoms with Crippen LogP contribution >= 0.6 is 0 Å². The standard InChI is InChI=1S/C15H25NO/c1-5-14-6-8-15(9-7-14)13(4)16-12(3)11(2)10-17/h6-9,11-13,16-17H,5,10H2,1-4H3. The van der Waals surface area contributed by atoms with Gasteiger partial charge in [0.15, 0.2) is 0 Å². The molecule has 0 fully saturated rings. The normalized spacial score (nSPS) is 16.5. The zero-order valence-electron chi connectivity index (χ0n) is 11.4. The van der Waals surface area contributed by atoms with Gasteiger partial charge in [-0.3, -0.25) is 0 Å². The van der Waals surface area contributed by atoms with Gasteiger partial charge in [-0.15, -0.1) is 0 Å². The predicted octanol–water partition coefficient (Wildman–Crippen LogP) is 2.92. The summed E-state index contributed by atoms with van der Waals surface area (Å²) in [4.78, 5) is 0. The van der Waals surface area contributed by atoms with Gasteiger partial charge in [0.25, 0.3) is 0 Å². The number of hydrogen-bond acceptors (Lipinski definition) is 2. The van der Waals surface area contributed by atoms with Crippen LogP contribution in [-0.4, -0.2) is 17.8 Å². The molecule has 3 atom stereocenters. The largest absolute Gasteiger partial charge is 0.396 e. The van der Waals surface area contributed by atoms with Crippen molar-refractivity contribution < 1.29 is 5.11 Å². The van der Waals surface area contributed by atoms with E-state index in [0.717, 1.165) is 6.42 Å². The molecule has 0 aromatic heterocycles. The fraction of sp³-hybridized carbons (Fsp3) is 0.600. The summed E-state index contributed by atoms with van der Waals surface area (Å²) in [6.07, 6.45) is 1.08. The molecule has 0 heterocycles. The van der Waals surface area contributed by atoms with Crippen LogP contribution in [-0.2, 0) is 6.42 Å². The molecule has 2 N–H and O–H groups in total. The van der Waals surface area contributed by atoms with Crippen LogP contribution in [0.2, 0.25) is 0 Å². The Hall–Kier alpha value is -0.860. The topological polar surface area (TPSA) is 32.3 Å².